The SMILES string of the molecule is C[O+]=C1C=CC2=CCC3CCC(=O)C3C2C1.N.N.N.N.N.O=S(=O)([O-])C(F)(F)F.O=S(=O)([O-])C(F)(F)F.O=S(=O)([O-])C(F)(F)F.[Os+2]. The van der Waals surface area contributed by atoms with E-state index in [-0.39, 0.29) is 56.5 Å². The van der Waals surface area contributed by atoms with Crippen molar-refractivity contribution in [3.05, 3.63) is 23.8 Å². The first-order valence-corrected chi connectivity index (χ1v) is 14.1. The molecule has 3 aliphatic rings. The van der Waals surface area contributed by atoms with Gasteiger partial charge in [0.25, 0.3) is 7.11 Å². The van der Waals surface area contributed by atoms with Crippen LogP contribution < -0.4 is 30.8 Å². The Hall–Kier alpha value is -1.64. The second-order valence-electron chi connectivity index (χ2n) is 7.74. The van der Waals surface area contributed by atoms with E-state index in [4.69, 9.17) is 43.3 Å². The van der Waals surface area contributed by atoms with Gasteiger partial charge in [0.1, 0.15) is 5.78 Å². The van der Waals surface area contributed by atoms with Gasteiger partial charge in [-0.2, -0.15) is 39.5 Å². The summed E-state index contributed by atoms with van der Waals surface area (Å²) < 4.78 is 182. The molecule has 280 valence electrons. The number of alkyl halides is 9. The molecule has 16 nitrogen and oxygen atoms in total. The maximum atomic E-state index is 12.0. The van der Waals surface area contributed by atoms with Crippen LogP contribution in [0.3, 0.4) is 0 Å². The van der Waals surface area contributed by atoms with Gasteiger partial charge in [0.15, 0.2) is 30.4 Å². The Morgan fingerprint density at radius 1 is 0.717 bits per heavy atom. The molecule has 3 unspecified atom stereocenters. The number of rotatable bonds is 0. The van der Waals surface area contributed by atoms with Crippen LogP contribution in [-0.2, 0) is 59.4 Å². The Kier molecular flexibility index (Phi) is 27.7. The van der Waals surface area contributed by atoms with Gasteiger partial charge in [0, 0.05) is 24.3 Å². The molecule has 3 aliphatic carbocycles. The number of allylic oxidation sites excluding steroid dienone is 4. The fourth-order valence-electron chi connectivity index (χ4n) is 3.46. The summed E-state index contributed by atoms with van der Waals surface area (Å²) in [6, 6.07) is 0. The zero-order valence-corrected chi connectivity index (χ0v) is 28.3. The maximum Gasteiger partial charge on any atom is 2.00 e. The molecule has 29 heteroatoms. The predicted octanol–water partition coefficient (Wildman–Crippen LogP) is 3.18. The Morgan fingerprint density at radius 2 is 1.04 bits per heavy atom. The molecule has 0 aromatic heterocycles. The van der Waals surface area contributed by atoms with Gasteiger partial charge in [0.05, 0.1) is 6.42 Å². The summed E-state index contributed by atoms with van der Waals surface area (Å²) in [5.41, 5.74) is -15.6. The molecule has 0 radical (unpaired) electrons. The number of Topliss-reactive ketones (excluding diaryl/α,β-unsaturated/α-hetero) is 1. The monoisotopic (exact) mass is 941 g/mol. The van der Waals surface area contributed by atoms with Gasteiger partial charge in [-0.15, -0.1) is 0 Å². The normalized spacial score (nSPS) is 21.1. The van der Waals surface area contributed by atoms with Crippen molar-refractivity contribution in [3.8, 4) is 0 Å². The topological polar surface area (TPSA) is 375 Å². The van der Waals surface area contributed by atoms with Crippen LogP contribution in [0.1, 0.15) is 25.7 Å². The van der Waals surface area contributed by atoms with Gasteiger partial charge in [-0.1, -0.05) is 12.2 Å². The molecule has 0 spiro atoms. The molecule has 15 N–H and O–H groups in total. The number of ketones is 2. The van der Waals surface area contributed by atoms with Gasteiger partial charge in [-0.05, 0) is 24.3 Å². The van der Waals surface area contributed by atoms with E-state index in [0.29, 0.717) is 17.6 Å². The minimum Gasteiger partial charge on any atom is -0.741 e. The summed E-state index contributed by atoms with van der Waals surface area (Å²) in [7, 11) is -16.6. The van der Waals surface area contributed by atoms with Crippen molar-refractivity contribution in [3.63, 3.8) is 0 Å². The third-order valence-corrected chi connectivity index (χ3v) is 6.86. The van der Waals surface area contributed by atoms with E-state index >= 15 is 0 Å². The number of fused-ring (bicyclic) bond motifs is 3. The molecule has 1 fully saturated rings. The van der Waals surface area contributed by atoms with Gasteiger partial charge in [0.2, 0.25) is 0 Å². The quantitative estimate of drug-likeness (QED) is 0.101. The van der Waals surface area contributed by atoms with E-state index in [0.717, 1.165) is 31.5 Å². The molecule has 46 heavy (non-hydrogen) atoms. The number of carbonyl (C=O) groups excluding carboxylic acids is 2. The second-order valence-corrected chi connectivity index (χ2v) is 11.9. The van der Waals surface area contributed by atoms with Crippen LogP contribution in [0.4, 0.5) is 39.5 Å². The van der Waals surface area contributed by atoms with Crippen LogP contribution >= 0.6 is 0 Å². The zero-order chi connectivity index (χ0) is 32.1. The van der Waals surface area contributed by atoms with Crippen LogP contribution in [0.2, 0.25) is 0 Å². The van der Waals surface area contributed by atoms with E-state index in [1.165, 1.54) is 5.57 Å². The fourth-order valence-corrected chi connectivity index (χ4v) is 3.46. The molecule has 0 heterocycles. The fraction of sp³-hybridized carbons (Fsp3) is 0.647. The molecule has 0 aromatic carbocycles. The number of hydrogen-bond acceptors (Lipinski definition) is 15. The van der Waals surface area contributed by atoms with E-state index in [1.54, 1.807) is 7.11 Å². The summed E-state index contributed by atoms with van der Waals surface area (Å²) in [6.07, 6.45) is 10.4. The van der Waals surface area contributed by atoms with Crippen molar-refractivity contribution >= 4 is 41.9 Å². The number of hydrogen-bond donors (Lipinski definition) is 5. The Bertz CT molecular complexity index is 1250. The molecule has 0 bridgehead atoms. The maximum absolute atomic E-state index is 12.0. The van der Waals surface area contributed by atoms with Crippen molar-refractivity contribution < 1.29 is 107 Å². The van der Waals surface area contributed by atoms with Gasteiger partial charge >= 0.3 is 42.1 Å². The Labute approximate surface area is 270 Å². The summed E-state index contributed by atoms with van der Waals surface area (Å²) in [5, 5.41) is 0. The molecule has 3 rings (SSSR count). The zero-order valence-electron chi connectivity index (χ0n) is 23.3. The van der Waals surface area contributed by atoms with Crippen LogP contribution in [0.15, 0.2) is 23.8 Å². The van der Waals surface area contributed by atoms with E-state index in [1.807, 2.05) is 6.08 Å². The van der Waals surface area contributed by atoms with Crippen LogP contribution in [-0.4, -0.2) is 74.1 Å². The minimum atomic E-state index is -6.09. The van der Waals surface area contributed by atoms with Crippen molar-refractivity contribution in [1.29, 1.82) is 0 Å². The van der Waals surface area contributed by atoms with Crippen LogP contribution in [0, 0.1) is 17.8 Å². The summed E-state index contributed by atoms with van der Waals surface area (Å²) >= 11 is 0. The third-order valence-electron chi connectivity index (χ3n) is 5.15. The molecule has 0 saturated heterocycles. The standard InChI is InChI=1S/C14H17O2.3CHF3O3S.5H3N.Os/c1-16-11-6-4-9-2-3-10-5-7-13(15)14(10)12(9)8-11;3*2-1(3,4)8(5,6)7;;;;;;/h2,4,6,10,12,14H,3,5,7-8H2,1H3;3*(H,5,6,7);5*1H3;/q+1;;;;;;;;;+2/p-3. The third kappa shape index (κ3) is 18.6. The van der Waals surface area contributed by atoms with Crippen molar-refractivity contribution in [2.75, 3.05) is 7.11 Å². The molecule has 3 atom stereocenters. The first-order valence-electron chi connectivity index (χ1n) is 9.91. The van der Waals surface area contributed by atoms with Crippen LogP contribution in [0.25, 0.3) is 0 Å². The molecular weight excluding hydrogens is 908 g/mol. The predicted molar refractivity (Wildman–Crippen MR) is 134 cm³/mol. The second kappa shape index (κ2) is 21.4. The summed E-state index contributed by atoms with van der Waals surface area (Å²) in [6.45, 7) is 0. The van der Waals surface area contributed by atoms with Crippen molar-refractivity contribution in [2.24, 2.45) is 17.8 Å². The molecular formula is C17H32F9N5O11OsS3. The number of halogens is 9. The minimum absolute atomic E-state index is 0. The number of carbonyl (C=O) groups is 1. The first-order chi connectivity index (χ1) is 17.5. The Balaban J connectivity index is -0.0000000899. The van der Waals surface area contributed by atoms with Gasteiger partial charge in [-0.25, -0.2) is 25.3 Å². The average Bonchev–Trinajstić information content (AvgIpc) is 3.12. The molecule has 0 amide bonds. The average molecular weight is 940 g/mol. The van der Waals surface area contributed by atoms with Crippen molar-refractivity contribution in [1.82, 2.24) is 30.8 Å². The molecule has 1 saturated carbocycles. The van der Waals surface area contributed by atoms with Gasteiger partial charge in [-0.3, -0.25) is 9.22 Å². The van der Waals surface area contributed by atoms with E-state index in [2.05, 4.69) is 12.2 Å². The molecule has 0 aromatic rings. The first kappa shape index (κ1) is 59.7. The van der Waals surface area contributed by atoms with Crippen LogP contribution in [0.5, 0.6) is 0 Å². The van der Waals surface area contributed by atoms with E-state index < -0.39 is 46.9 Å². The largest absolute Gasteiger partial charge is 2.00 e. The van der Waals surface area contributed by atoms with Gasteiger partial charge < -0.3 is 44.4 Å². The van der Waals surface area contributed by atoms with E-state index in [9.17, 15) is 44.3 Å². The summed E-state index contributed by atoms with van der Waals surface area (Å²) in [5.74, 6) is 2.77. The summed E-state index contributed by atoms with van der Waals surface area (Å²) in [4.78, 5) is 12.0. The smallest absolute Gasteiger partial charge is 0.741 e. The van der Waals surface area contributed by atoms with Crippen molar-refractivity contribution in [2.45, 2.75) is 42.2 Å². The Morgan fingerprint density at radius 3 is 1.33 bits per heavy atom. The molecule has 0 aliphatic heterocycles.